The van der Waals surface area contributed by atoms with Crippen molar-refractivity contribution >= 4 is 17.5 Å². The Morgan fingerprint density at radius 2 is 1.96 bits per heavy atom. The van der Waals surface area contributed by atoms with Crippen molar-refractivity contribution in [3.63, 3.8) is 0 Å². The molecule has 2 amide bonds. The van der Waals surface area contributed by atoms with Crippen molar-refractivity contribution in [1.82, 2.24) is 10.5 Å². The van der Waals surface area contributed by atoms with E-state index in [1.54, 1.807) is 24.3 Å². The molecule has 0 unspecified atom stereocenters. The molecule has 138 valence electrons. The Hall–Kier alpha value is -2.63. The molecule has 1 fully saturated rings. The van der Waals surface area contributed by atoms with Crippen LogP contribution in [0.5, 0.6) is 0 Å². The number of hydrogen-bond donors (Lipinski definition) is 2. The quantitative estimate of drug-likeness (QED) is 0.795. The second-order valence-corrected chi connectivity index (χ2v) is 7.26. The van der Waals surface area contributed by atoms with E-state index in [1.165, 1.54) is 0 Å². The predicted octanol–water partition coefficient (Wildman–Crippen LogP) is 3.54. The van der Waals surface area contributed by atoms with Gasteiger partial charge >= 0.3 is 0 Å². The normalized spacial score (nSPS) is 14.1. The molecule has 0 atom stereocenters. The van der Waals surface area contributed by atoms with Crippen LogP contribution in [0.4, 0.5) is 5.69 Å². The Bertz CT molecular complexity index is 761. The number of amides is 2. The Morgan fingerprint density at radius 1 is 1.23 bits per heavy atom. The Balaban J connectivity index is 1.49. The second-order valence-electron chi connectivity index (χ2n) is 7.26. The smallest absolute Gasteiger partial charge is 0.251 e. The van der Waals surface area contributed by atoms with Gasteiger partial charge < -0.3 is 15.2 Å². The molecule has 6 nitrogen and oxygen atoms in total. The summed E-state index contributed by atoms with van der Waals surface area (Å²) in [4.78, 5) is 24.2. The van der Waals surface area contributed by atoms with Crippen molar-refractivity contribution in [2.75, 3.05) is 5.32 Å². The van der Waals surface area contributed by atoms with Gasteiger partial charge in [0.05, 0.1) is 12.2 Å². The predicted molar refractivity (Wildman–Crippen MR) is 98.6 cm³/mol. The summed E-state index contributed by atoms with van der Waals surface area (Å²) < 4.78 is 5.24. The third kappa shape index (κ3) is 4.71. The molecule has 0 spiro atoms. The van der Waals surface area contributed by atoms with E-state index in [0.29, 0.717) is 29.5 Å². The first-order chi connectivity index (χ1) is 12.5. The van der Waals surface area contributed by atoms with Crippen LogP contribution in [-0.4, -0.2) is 17.0 Å². The molecule has 1 aliphatic rings. The standard InChI is InChI=1S/C20H25N3O3/c1-13(2)10-17-11-18(26-23-17)12-21-19(24)15-6-8-16(9-7-15)22-20(25)14-4-3-5-14/h6-9,11,13-14H,3-5,10,12H2,1-2H3,(H,21,24)(H,22,25). The molecule has 1 aliphatic carbocycles. The molecule has 3 rings (SSSR count). The van der Waals surface area contributed by atoms with Crippen LogP contribution in [0, 0.1) is 11.8 Å². The highest BCUT2D eigenvalue weighted by atomic mass is 16.5. The summed E-state index contributed by atoms with van der Waals surface area (Å²) in [6.45, 7) is 4.53. The maximum absolute atomic E-state index is 12.2. The average Bonchev–Trinajstić information content (AvgIpc) is 2.98. The first kappa shape index (κ1) is 18.2. The maximum Gasteiger partial charge on any atom is 0.251 e. The molecule has 2 N–H and O–H groups in total. The van der Waals surface area contributed by atoms with Crippen LogP contribution in [0.3, 0.4) is 0 Å². The number of nitrogens with zero attached hydrogens (tertiary/aromatic N) is 1. The molecule has 0 saturated heterocycles. The lowest BCUT2D eigenvalue weighted by molar-refractivity contribution is -0.122. The second kappa shape index (κ2) is 8.17. The number of carbonyl (C=O) groups is 2. The minimum Gasteiger partial charge on any atom is -0.359 e. The van der Waals surface area contributed by atoms with Gasteiger partial charge in [0.2, 0.25) is 5.91 Å². The van der Waals surface area contributed by atoms with Gasteiger partial charge in [-0.3, -0.25) is 9.59 Å². The highest BCUT2D eigenvalue weighted by molar-refractivity contribution is 5.96. The third-order valence-corrected chi connectivity index (χ3v) is 4.54. The number of aromatic nitrogens is 1. The van der Waals surface area contributed by atoms with E-state index in [4.69, 9.17) is 4.52 Å². The monoisotopic (exact) mass is 355 g/mol. The highest BCUT2D eigenvalue weighted by Gasteiger charge is 2.25. The molecular weight excluding hydrogens is 330 g/mol. The van der Waals surface area contributed by atoms with Crippen LogP contribution in [-0.2, 0) is 17.8 Å². The van der Waals surface area contributed by atoms with Crippen molar-refractivity contribution in [3.8, 4) is 0 Å². The van der Waals surface area contributed by atoms with E-state index in [1.807, 2.05) is 6.07 Å². The van der Waals surface area contributed by atoms with Crippen LogP contribution in [0.15, 0.2) is 34.9 Å². The minimum atomic E-state index is -0.191. The number of nitrogens with one attached hydrogen (secondary N) is 2. The molecule has 1 aromatic heterocycles. The molecule has 1 saturated carbocycles. The zero-order chi connectivity index (χ0) is 18.5. The summed E-state index contributed by atoms with van der Waals surface area (Å²) in [5, 5.41) is 9.72. The fraction of sp³-hybridized carbons (Fsp3) is 0.450. The van der Waals surface area contributed by atoms with Gasteiger partial charge in [0.15, 0.2) is 5.76 Å². The zero-order valence-electron chi connectivity index (χ0n) is 15.2. The maximum atomic E-state index is 12.2. The van der Waals surface area contributed by atoms with Crippen molar-refractivity contribution in [2.24, 2.45) is 11.8 Å². The van der Waals surface area contributed by atoms with Gasteiger partial charge in [-0.1, -0.05) is 25.4 Å². The summed E-state index contributed by atoms with van der Waals surface area (Å²) >= 11 is 0. The first-order valence-electron chi connectivity index (χ1n) is 9.15. The van der Waals surface area contributed by atoms with Crippen LogP contribution in [0.1, 0.15) is 54.9 Å². The topological polar surface area (TPSA) is 84.2 Å². The van der Waals surface area contributed by atoms with Crippen LogP contribution in [0.25, 0.3) is 0 Å². The van der Waals surface area contributed by atoms with Gasteiger partial charge in [0.25, 0.3) is 5.91 Å². The van der Waals surface area contributed by atoms with Gasteiger partial charge in [0.1, 0.15) is 0 Å². The van der Waals surface area contributed by atoms with Crippen molar-refractivity contribution in [3.05, 3.63) is 47.3 Å². The van der Waals surface area contributed by atoms with Crippen molar-refractivity contribution in [2.45, 2.75) is 46.1 Å². The van der Waals surface area contributed by atoms with E-state index in [0.717, 1.165) is 31.4 Å². The molecule has 26 heavy (non-hydrogen) atoms. The SMILES string of the molecule is CC(C)Cc1cc(CNC(=O)c2ccc(NC(=O)C3CCC3)cc2)on1. The zero-order valence-corrected chi connectivity index (χ0v) is 15.2. The largest absolute Gasteiger partial charge is 0.359 e. The number of carbonyl (C=O) groups excluding carboxylic acids is 2. The molecular formula is C20H25N3O3. The summed E-state index contributed by atoms with van der Waals surface area (Å²) in [6.07, 6.45) is 3.91. The average molecular weight is 355 g/mol. The Kier molecular flexibility index (Phi) is 5.71. The molecule has 0 radical (unpaired) electrons. The number of rotatable bonds is 7. The number of benzene rings is 1. The van der Waals surface area contributed by atoms with Crippen molar-refractivity contribution in [1.29, 1.82) is 0 Å². The van der Waals surface area contributed by atoms with E-state index < -0.39 is 0 Å². The lowest BCUT2D eigenvalue weighted by Gasteiger charge is -2.24. The van der Waals surface area contributed by atoms with Crippen LogP contribution >= 0.6 is 0 Å². The van der Waals surface area contributed by atoms with Crippen LogP contribution < -0.4 is 10.6 Å². The van der Waals surface area contributed by atoms with Gasteiger partial charge in [-0.25, -0.2) is 0 Å². The Labute approximate surface area is 153 Å². The van der Waals surface area contributed by atoms with E-state index >= 15 is 0 Å². The van der Waals surface area contributed by atoms with Gasteiger partial charge in [0, 0.05) is 23.2 Å². The summed E-state index contributed by atoms with van der Waals surface area (Å²) in [5.41, 5.74) is 2.15. The van der Waals surface area contributed by atoms with Gasteiger partial charge in [-0.05, 0) is 49.4 Å². The lowest BCUT2D eigenvalue weighted by Crippen LogP contribution is -2.28. The molecule has 0 bridgehead atoms. The first-order valence-corrected chi connectivity index (χ1v) is 9.15. The molecule has 6 heteroatoms. The minimum absolute atomic E-state index is 0.0657. The van der Waals surface area contributed by atoms with Gasteiger partial charge in [-0.15, -0.1) is 0 Å². The summed E-state index contributed by atoms with van der Waals surface area (Å²) in [7, 11) is 0. The highest BCUT2D eigenvalue weighted by Crippen LogP contribution is 2.27. The molecule has 1 aromatic carbocycles. The fourth-order valence-electron chi connectivity index (χ4n) is 2.84. The fourth-order valence-corrected chi connectivity index (χ4v) is 2.84. The molecule has 0 aliphatic heterocycles. The third-order valence-electron chi connectivity index (χ3n) is 4.54. The van der Waals surface area contributed by atoms with Gasteiger partial charge in [-0.2, -0.15) is 0 Å². The van der Waals surface area contributed by atoms with E-state index in [-0.39, 0.29) is 17.7 Å². The number of anilines is 1. The molecule has 2 aromatic rings. The Morgan fingerprint density at radius 3 is 2.58 bits per heavy atom. The molecule has 1 heterocycles. The summed E-state index contributed by atoms with van der Waals surface area (Å²) in [6, 6.07) is 8.79. The van der Waals surface area contributed by atoms with E-state index in [2.05, 4.69) is 29.6 Å². The number of hydrogen-bond acceptors (Lipinski definition) is 4. The summed E-state index contributed by atoms with van der Waals surface area (Å²) in [5.74, 6) is 1.16. The van der Waals surface area contributed by atoms with Crippen LogP contribution in [0.2, 0.25) is 0 Å². The van der Waals surface area contributed by atoms with Crippen molar-refractivity contribution < 1.29 is 14.1 Å². The lowest BCUT2D eigenvalue weighted by atomic mass is 9.85. The van der Waals surface area contributed by atoms with E-state index in [9.17, 15) is 9.59 Å².